The minimum absolute atomic E-state index is 0.145. The highest BCUT2D eigenvalue weighted by Gasteiger charge is 2.61. The zero-order valence-electron chi connectivity index (χ0n) is 25.8. The molecule has 0 saturated heterocycles. The fourth-order valence-corrected chi connectivity index (χ4v) is 6.97. The third kappa shape index (κ3) is 7.92. The van der Waals surface area contributed by atoms with Crippen LogP contribution in [0.1, 0.15) is 73.1 Å². The smallest absolute Gasteiger partial charge is 0.434 e. The Morgan fingerprint density at radius 1 is 0.756 bits per heavy atom. The van der Waals surface area contributed by atoms with Crippen LogP contribution < -0.4 is 4.74 Å². The van der Waals surface area contributed by atoms with Gasteiger partial charge in [0.1, 0.15) is 11.9 Å². The average Bonchev–Trinajstić information content (AvgIpc) is 3.53. The van der Waals surface area contributed by atoms with Gasteiger partial charge in [-0.1, -0.05) is 30.3 Å². The number of ether oxygens (including phenoxy) is 3. The minimum Gasteiger partial charge on any atom is -0.462 e. The maximum absolute atomic E-state index is 13.9. The number of benzene rings is 2. The Kier molecular flexibility index (Phi) is 9.32. The van der Waals surface area contributed by atoms with Gasteiger partial charge in [-0.25, -0.2) is 0 Å². The predicted molar refractivity (Wildman–Crippen MR) is 152 cm³/mol. The quantitative estimate of drug-likeness (QED) is 0.147. The molecule has 4 atom stereocenters. The van der Waals surface area contributed by atoms with E-state index in [1.807, 2.05) is 24.3 Å². The Morgan fingerprint density at radius 2 is 1.33 bits per heavy atom. The molecule has 2 fully saturated rings. The van der Waals surface area contributed by atoms with E-state index in [9.17, 15) is 40.7 Å². The van der Waals surface area contributed by atoms with Gasteiger partial charge in [0.15, 0.2) is 0 Å². The number of rotatable bonds is 10. The van der Waals surface area contributed by atoms with Gasteiger partial charge in [0, 0.05) is 0 Å². The molecule has 0 amide bonds. The molecule has 0 aromatic heterocycles. The normalized spacial score (nSPS) is 21.9. The fourth-order valence-electron chi connectivity index (χ4n) is 6.97. The zero-order chi connectivity index (χ0) is 33.6. The number of carbonyl (C=O) groups is 3. The first-order valence-electron chi connectivity index (χ1n) is 14.9. The van der Waals surface area contributed by atoms with Gasteiger partial charge in [0.05, 0.1) is 16.2 Å². The van der Waals surface area contributed by atoms with E-state index in [0.29, 0.717) is 12.3 Å². The summed E-state index contributed by atoms with van der Waals surface area (Å²) in [6, 6.07) is 12.4. The lowest BCUT2D eigenvalue weighted by Crippen LogP contribution is -2.49. The molecule has 6 nitrogen and oxygen atoms in total. The average molecular weight is 645 g/mol. The molecule has 4 unspecified atom stereocenters. The molecule has 2 aromatic rings. The topological polar surface area (TPSA) is 78.9 Å². The van der Waals surface area contributed by atoms with Crippen molar-refractivity contribution >= 4 is 28.7 Å². The SMILES string of the molecule is CC(C)(CC(C)(CC(C)(C)C(=O)OC(C(F)(F)F)C(F)(F)F)C(=O)OC1CC2CCC1C2)C(=O)Oc1ccc2ccccc2c1. The number of fused-ring (bicyclic) bond motifs is 3. The largest absolute Gasteiger partial charge is 0.462 e. The predicted octanol–water partition coefficient (Wildman–Crippen LogP) is 8.35. The molecule has 0 N–H and O–H groups in total. The number of hydrogen-bond donors (Lipinski definition) is 0. The van der Waals surface area contributed by atoms with E-state index in [1.54, 1.807) is 18.2 Å². The molecule has 4 rings (SSSR count). The molecule has 0 heterocycles. The highest BCUT2D eigenvalue weighted by molar-refractivity contribution is 5.86. The number of alkyl halides is 6. The summed E-state index contributed by atoms with van der Waals surface area (Å²) >= 11 is 0. The third-order valence-corrected chi connectivity index (χ3v) is 8.94. The van der Waals surface area contributed by atoms with Crippen LogP contribution in [0.2, 0.25) is 0 Å². The van der Waals surface area contributed by atoms with Gasteiger partial charge in [-0.05, 0) is 108 Å². The standard InChI is InChI=1S/C33H38F6O6/c1-29(2,26(40)43-23-13-12-20-8-6-7-9-21(20)16-23)17-31(5,28(42)44-24-15-19-10-11-22(24)14-19)18-30(3,4)27(41)45-25(32(34,35)36)33(37,38)39/h6-9,12-13,16,19,22,24-25H,10-11,14-15,17-18H2,1-5H3. The van der Waals surface area contributed by atoms with Crippen molar-refractivity contribution in [1.29, 1.82) is 0 Å². The molecular formula is C33H38F6O6. The molecular weight excluding hydrogens is 606 g/mol. The number of hydrogen-bond acceptors (Lipinski definition) is 6. The lowest BCUT2D eigenvalue weighted by molar-refractivity contribution is -0.315. The third-order valence-electron chi connectivity index (χ3n) is 8.94. The van der Waals surface area contributed by atoms with Gasteiger partial charge < -0.3 is 14.2 Å². The lowest BCUT2D eigenvalue weighted by atomic mass is 9.66. The first-order valence-corrected chi connectivity index (χ1v) is 14.9. The van der Waals surface area contributed by atoms with E-state index in [-0.39, 0.29) is 18.1 Å². The van der Waals surface area contributed by atoms with Crippen LogP contribution in [0.25, 0.3) is 10.8 Å². The van der Waals surface area contributed by atoms with Crippen LogP contribution in [0.5, 0.6) is 5.75 Å². The Bertz CT molecular complexity index is 1420. The Balaban J connectivity index is 1.58. The van der Waals surface area contributed by atoms with Crippen molar-refractivity contribution in [2.24, 2.45) is 28.1 Å². The number of carbonyl (C=O) groups excluding carboxylic acids is 3. The van der Waals surface area contributed by atoms with Gasteiger partial charge in [-0.3, -0.25) is 14.4 Å². The molecule has 0 aliphatic heterocycles. The summed E-state index contributed by atoms with van der Waals surface area (Å²) in [4.78, 5) is 40.2. The summed E-state index contributed by atoms with van der Waals surface area (Å²) in [7, 11) is 0. The molecule has 2 aliphatic rings. The van der Waals surface area contributed by atoms with Gasteiger partial charge in [0.2, 0.25) is 0 Å². The van der Waals surface area contributed by atoms with Crippen LogP contribution >= 0.6 is 0 Å². The van der Waals surface area contributed by atoms with Crippen LogP contribution in [-0.2, 0) is 23.9 Å². The summed E-state index contributed by atoms with van der Waals surface area (Å²) in [6.07, 6.45) is -14.0. The molecule has 248 valence electrons. The van der Waals surface area contributed by atoms with Crippen LogP contribution in [0, 0.1) is 28.1 Å². The minimum atomic E-state index is -5.90. The molecule has 12 heteroatoms. The van der Waals surface area contributed by atoms with Crippen LogP contribution in [0.15, 0.2) is 42.5 Å². The molecule has 2 aromatic carbocycles. The summed E-state index contributed by atoms with van der Waals surface area (Å²) in [5.74, 6) is -2.53. The Labute approximate surface area is 257 Å². The highest BCUT2D eigenvalue weighted by atomic mass is 19.4. The highest BCUT2D eigenvalue weighted by Crippen LogP contribution is 2.49. The summed E-state index contributed by atoms with van der Waals surface area (Å²) in [6.45, 7) is 6.61. The maximum atomic E-state index is 13.9. The monoisotopic (exact) mass is 644 g/mol. The van der Waals surface area contributed by atoms with Crippen LogP contribution in [0.4, 0.5) is 26.3 Å². The second-order valence-electron chi connectivity index (χ2n) is 14.1. The first kappa shape index (κ1) is 34.6. The Hall–Kier alpha value is -3.31. The van der Waals surface area contributed by atoms with Crippen molar-refractivity contribution in [3.63, 3.8) is 0 Å². The molecule has 45 heavy (non-hydrogen) atoms. The maximum Gasteiger partial charge on any atom is 0.434 e. The summed E-state index contributed by atoms with van der Waals surface area (Å²) < 4.78 is 94.7. The van der Waals surface area contributed by atoms with Crippen molar-refractivity contribution in [2.75, 3.05) is 0 Å². The summed E-state index contributed by atoms with van der Waals surface area (Å²) in [5, 5.41) is 1.73. The van der Waals surface area contributed by atoms with E-state index in [2.05, 4.69) is 4.74 Å². The van der Waals surface area contributed by atoms with E-state index in [1.165, 1.54) is 20.8 Å². The van der Waals surface area contributed by atoms with E-state index >= 15 is 0 Å². The Morgan fingerprint density at radius 3 is 1.87 bits per heavy atom. The molecule has 2 bridgehead atoms. The molecule has 0 spiro atoms. The second-order valence-corrected chi connectivity index (χ2v) is 14.1. The van der Waals surface area contributed by atoms with Gasteiger partial charge in [0.25, 0.3) is 6.10 Å². The van der Waals surface area contributed by atoms with E-state index in [0.717, 1.165) is 43.9 Å². The molecule has 2 saturated carbocycles. The lowest BCUT2D eigenvalue weighted by Gasteiger charge is -2.40. The number of halogens is 6. The van der Waals surface area contributed by atoms with Crippen molar-refractivity contribution in [3.05, 3.63) is 42.5 Å². The van der Waals surface area contributed by atoms with Gasteiger partial charge >= 0.3 is 30.3 Å². The zero-order valence-corrected chi connectivity index (χ0v) is 25.8. The van der Waals surface area contributed by atoms with Gasteiger partial charge in [-0.15, -0.1) is 0 Å². The van der Waals surface area contributed by atoms with Crippen molar-refractivity contribution < 1.29 is 54.9 Å². The van der Waals surface area contributed by atoms with Crippen LogP contribution in [-0.4, -0.2) is 42.5 Å². The fraction of sp³-hybridized carbons (Fsp3) is 0.606. The summed E-state index contributed by atoms with van der Waals surface area (Å²) in [5.41, 5.74) is -5.13. The van der Waals surface area contributed by atoms with E-state index in [4.69, 9.17) is 9.47 Å². The van der Waals surface area contributed by atoms with Crippen molar-refractivity contribution in [3.8, 4) is 5.75 Å². The first-order chi connectivity index (χ1) is 20.6. The molecule has 2 aliphatic carbocycles. The number of esters is 3. The second kappa shape index (κ2) is 12.1. The molecule has 0 radical (unpaired) electrons. The van der Waals surface area contributed by atoms with Crippen molar-refractivity contribution in [2.45, 2.75) is 97.7 Å². The van der Waals surface area contributed by atoms with Crippen molar-refractivity contribution in [1.82, 2.24) is 0 Å². The van der Waals surface area contributed by atoms with Gasteiger partial charge in [-0.2, -0.15) is 26.3 Å². The van der Waals surface area contributed by atoms with Crippen LogP contribution in [0.3, 0.4) is 0 Å². The van der Waals surface area contributed by atoms with E-state index < -0.39 is 65.1 Å².